The van der Waals surface area contributed by atoms with Gasteiger partial charge in [-0.1, -0.05) is 12.2 Å². The Morgan fingerprint density at radius 3 is 1.83 bits per heavy atom. The first kappa shape index (κ1) is 7.06. The molecule has 0 N–H and O–H groups in total. The Morgan fingerprint density at radius 1 is 1.00 bits per heavy atom. The maximum absolute atomic E-state index is 4.33. The minimum atomic E-state index is 0.783. The molecule has 0 atom stereocenters. The zero-order valence-corrected chi connectivity index (χ0v) is 7.63. The van der Waals surface area contributed by atoms with Gasteiger partial charge in [0.1, 0.15) is 5.92 Å². The molecular formula is C12H17+. The van der Waals surface area contributed by atoms with E-state index in [0.717, 1.165) is 29.6 Å². The predicted molar refractivity (Wildman–Crippen MR) is 50.4 cm³/mol. The molecule has 0 aromatic heterocycles. The zero-order chi connectivity index (χ0) is 8.29. The van der Waals surface area contributed by atoms with Crippen LogP contribution in [0, 0.1) is 36.5 Å². The van der Waals surface area contributed by atoms with E-state index in [1.54, 1.807) is 5.57 Å². The molecule has 0 aromatic rings. The van der Waals surface area contributed by atoms with E-state index >= 15 is 0 Å². The van der Waals surface area contributed by atoms with Crippen molar-refractivity contribution in [1.29, 1.82) is 0 Å². The fourth-order valence-corrected chi connectivity index (χ4v) is 3.87. The summed E-state index contributed by atoms with van der Waals surface area (Å²) in [5.41, 5.74) is 1.59. The quantitative estimate of drug-likeness (QED) is 0.378. The molecule has 0 aromatic carbocycles. The molecular weight excluding hydrogens is 144 g/mol. The molecule has 0 aliphatic heterocycles. The van der Waals surface area contributed by atoms with Gasteiger partial charge >= 0.3 is 0 Å². The highest BCUT2D eigenvalue weighted by molar-refractivity contribution is 5.18. The van der Waals surface area contributed by atoms with Crippen LogP contribution in [0.3, 0.4) is 0 Å². The van der Waals surface area contributed by atoms with Crippen LogP contribution in [0.2, 0.25) is 0 Å². The Bertz CT molecular complexity index is 194. The lowest BCUT2D eigenvalue weighted by Crippen LogP contribution is -2.45. The van der Waals surface area contributed by atoms with Gasteiger partial charge in [-0.05, 0) is 37.5 Å². The van der Waals surface area contributed by atoms with E-state index in [-0.39, 0.29) is 0 Å². The topological polar surface area (TPSA) is 0 Å². The van der Waals surface area contributed by atoms with Crippen molar-refractivity contribution in [2.75, 3.05) is 0 Å². The summed E-state index contributed by atoms with van der Waals surface area (Å²) in [7, 11) is 0. The van der Waals surface area contributed by atoms with Crippen LogP contribution >= 0.6 is 0 Å². The molecule has 64 valence electrons. The highest BCUT2D eigenvalue weighted by Crippen LogP contribution is 2.57. The molecule has 0 heteroatoms. The van der Waals surface area contributed by atoms with Gasteiger partial charge in [0.15, 0.2) is 0 Å². The molecule has 0 unspecified atom stereocenters. The standard InChI is InChI=1S/C12H17/c1-7-9-3-11-5-10(7)6-12(4-9)8(11)2/h7,9-12H,1-6H2/q+1. The van der Waals surface area contributed by atoms with Crippen LogP contribution in [-0.2, 0) is 0 Å². The Balaban J connectivity index is 1.96. The third-order valence-corrected chi connectivity index (χ3v) is 4.61. The predicted octanol–water partition coefficient (Wildman–Crippen LogP) is 3.06. The highest BCUT2D eigenvalue weighted by atomic mass is 14.5. The Labute approximate surface area is 75.0 Å². The van der Waals surface area contributed by atoms with Crippen LogP contribution in [0.5, 0.6) is 0 Å². The molecule has 0 saturated heterocycles. The van der Waals surface area contributed by atoms with Gasteiger partial charge in [0, 0.05) is 11.8 Å². The van der Waals surface area contributed by atoms with Crippen molar-refractivity contribution in [2.24, 2.45) is 29.6 Å². The summed E-state index contributed by atoms with van der Waals surface area (Å²) in [5.74, 6) is 4.48. The van der Waals surface area contributed by atoms with Crippen LogP contribution in [-0.4, -0.2) is 0 Å². The average molecular weight is 161 g/mol. The van der Waals surface area contributed by atoms with Gasteiger partial charge in [-0.15, -0.1) is 0 Å². The molecule has 0 nitrogen and oxygen atoms in total. The van der Waals surface area contributed by atoms with E-state index in [1.807, 2.05) is 0 Å². The van der Waals surface area contributed by atoms with Crippen LogP contribution in [0.15, 0.2) is 12.2 Å². The van der Waals surface area contributed by atoms with E-state index < -0.39 is 0 Å². The van der Waals surface area contributed by atoms with E-state index in [2.05, 4.69) is 13.5 Å². The molecule has 4 saturated carbocycles. The number of rotatable bonds is 0. The fourth-order valence-electron chi connectivity index (χ4n) is 3.87. The lowest BCUT2D eigenvalue weighted by atomic mass is 9.51. The number of hydrogen-bond donors (Lipinski definition) is 0. The second-order valence-corrected chi connectivity index (χ2v) is 5.10. The normalized spacial score (nSPS) is 56.3. The van der Waals surface area contributed by atoms with Crippen LogP contribution < -0.4 is 0 Å². The maximum Gasteiger partial charge on any atom is 0.101 e. The van der Waals surface area contributed by atoms with E-state index in [9.17, 15) is 0 Å². The van der Waals surface area contributed by atoms with E-state index in [1.165, 1.54) is 25.7 Å². The van der Waals surface area contributed by atoms with Gasteiger partial charge in [0.05, 0.1) is 6.92 Å². The molecule has 0 heterocycles. The van der Waals surface area contributed by atoms with Gasteiger partial charge in [-0.25, -0.2) is 0 Å². The number of hydrogen-bond acceptors (Lipinski definition) is 0. The molecule has 0 amide bonds. The first-order chi connectivity index (χ1) is 5.75. The summed E-state index contributed by atoms with van der Waals surface area (Å²) in [5, 5.41) is 0. The van der Waals surface area contributed by atoms with Crippen LogP contribution in [0.4, 0.5) is 0 Å². The summed E-state index contributed by atoms with van der Waals surface area (Å²) in [4.78, 5) is 0. The monoisotopic (exact) mass is 161 g/mol. The van der Waals surface area contributed by atoms with Crippen molar-refractivity contribution in [3.05, 3.63) is 19.1 Å². The highest BCUT2D eigenvalue weighted by Gasteiger charge is 2.51. The first-order valence-corrected chi connectivity index (χ1v) is 5.27. The summed E-state index contributed by atoms with van der Waals surface area (Å²) in [6, 6.07) is 0. The van der Waals surface area contributed by atoms with E-state index in [0.29, 0.717) is 0 Å². The molecule has 4 bridgehead atoms. The summed E-state index contributed by atoms with van der Waals surface area (Å²) < 4.78 is 0. The lowest BCUT2D eigenvalue weighted by molar-refractivity contribution is 0.0258. The summed E-state index contributed by atoms with van der Waals surface area (Å²) in [6.07, 6.45) is 5.67. The van der Waals surface area contributed by atoms with Crippen LogP contribution in [0.25, 0.3) is 0 Å². The minimum absolute atomic E-state index is 0.783. The van der Waals surface area contributed by atoms with Crippen molar-refractivity contribution in [1.82, 2.24) is 0 Å². The van der Waals surface area contributed by atoms with Gasteiger partial charge < -0.3 is 0 Å². The second-order valence-electron chi connectivity index (χ2n) is 5.10. The molecule has 4 rings (SSSR count). The zero-order valence-electron chi connectivity index (χ0n) is 7.63. The second kappa shape index (κ2) is 2.10. The Kier molecular flexibility index (Phi) is 1.23. The van der Waals surface area contributed by atoms with Gasteiger partial charge in [-0.3, -0.25) is 0 Å². The molecule has 0 spiro atoms. The van der Waals surface area contributed by atoms with E-state index in [4.69, 9.17) is 0 Å². The van der Waals surface area contributed by atoms with Gasteiger partial charge in [0.2, 0.25) is 0 Å². The average Bonchev–Trinajstić information content (AvgIpc) is 2.02. The Hall–Kier alpha value is -0.390. The first-order valence-electron chi connectivity index (χ1n) is 5.27. The molecule has 4 aliphatic carbocycles. The molecule has 4 fully saturated rings. The number of allylic oxidation sites excluding steroid dienone is 1. The van der Waals surface area contributed by atoms with Gasteiger partial charge in [-0.2, -0.15) is 0 Å². The summed E-state index contributed by atoms with van der Waals surface area (Å²) >= 11 is 0. The van der Waals surface area contributed by atoms with Crippen molar-refractivity contribution < 1.29 is 0 Å². The third kappa shape index (κ3) is 0.713. The van der Waals surface area contributed by atoms with Crippen molar-refractivity contribution in [3.63, 3.8) is 0 Å². The van der Waals surface area contributed by atoms with Crippen molar-refractivity contribution in [2.45, 2.75) is 25.7 Å². The maximum atomic E-state index is 4.33. The summed E-state index contributed by atoms with van der Waals surface area (Å²) in [6.45, 7) is 8.59. The van der Waals surface area contributed by atoms with Crippen molar-refractivity contribution >= 4 is 0 Å². The molecule has 12 heavy (non-hydrogen) atoms. The van der Waals surface area contributed by atoms with Crippen LogP contribution in [0.1, 0.15) is 25.7 Å². The Morgan fingerprint density at radius 2 is 1.42 bits per heavy atom. The largest absolute Gasteiger partial charge is 0.101 e. The van der Waals surface area contributed by atoms with Crippen molar-refractivity contribution in [3.8, 4) is 0 Å². The SMILES string of the molecule is C=C1C2CC3CC1CC(C2)C3[CH2+]. The minimum Gasteiger partial charge on any atom is -0.0993 e. The van der Waals surface area contributed by atoms with Gasteiger partial charge in [0.25, 0.3) is 0 Å². The molecule has 4 aliphatic rings. The smallest absolute Gasteiger partial charge is 0.0993 e. The third-order valence-electron chi connectivity index (χ3n) is 4.61. The molecule has 0 radical (unpaired) electrons. The lowest BCUT2D eigenvalue weighted by Gasteiger charge is -2.52. The fraction of sp³-hybridized carbons (Fsp3) is 0.750.